The van der Waals surface area contributed by atoms with Crippen LogP contribution >= 0.6 is 15.9 Å². The first kappa shape index (κ1) is 9.51. The quantitative estimate of drug-likeness (QED) is 0.769. The SMILES string of the molecule is O=c1[nH]c(N2CCCC2)c(Br)c(=O)[nH]1. The van der Waals surface area contributed by atoms with Gasteiger partial charge >= 0.3 is 5.69 Å². The first-order valence-electron chi connectivity index (χ1n) is 4.45. The largest absolute Gasteiger partial charge is 0.357 e. The van der Waals surface area contributed by atoms with Gasteiger partial charge in [0.2, 0.25) is 0 Å². The summed E-state index contributed by atoms with van der Waals surface area (Å²) in [5.41, 5.74) is -0.837. The van der Waals surface area contributed by atoms with E-state index in [-0.39, 0.29) is 5.56 Å². The van der Waals surface area contributed by atoms with Gasteiger partial charge in [0.15, 0.2) is 0 Å². The molecule has 14 heavy (non-hydrogen) atoms. The summed E-state index contributed by atoms with van der Waals surface area (Å²) in [5, 5.41) is 0. The minimum Gasteiger partial charge on any atom is -0.357 e. The number of hydrogen-bond donors (Lipinski definition) is 2. The zero-order chi connectivity index (χ0) is 10.1. The minimum absolute atomic E-state index is 0.379. The Balaban J connectivity index is 2.51. The number of halogens is 1. The van der Waals surface area contributed by atoms with Crippen LogP contribution in [-0.2, 0) is 0 Å². The van der Waals surface area contributed by atoms with Crippen molar-refractivity contribution < 1.29 is 0 Å². The zero-order valence-corrected chi connectivity index (χ0v) is 9.06. The normalized spacial score (nSPS) is 16.2. The van der Waals surface area contributed by atoms with Gasteiger partial charge in [0, 0.05) is 13.1 Å². The predicted octanol–water partition coefficient (Wildman–Crippen LogP) is 0.426. The molecule has 0 radical (unpaired) electrons. The summed E-state index contributed by atoms with van der Waals surface area (Å²) in [7, 11) is 0. The Morgan fingerprint density at radius 2 is 1.79 bits per heavy atom. The molecule has 0 unspecified atom stereocenters. The second-order valence-corrected chi connectivity index (χ2v) is 4.06. The highest BCUT2D eigenvalue weighted by atomic mass is 79.9. The van der Waals surface area contributed by atoms with Gasteiger partial charge < -0.3 is 4.90 Å². The van der Waals surface area contributed by atoms with Crippen molar-refractivity contribution in [3.8, 4) is 0 Å². The van der Waals surface area contributed by atoms with E-state index in [9.17, 15) is 9.59 Å². The Morgan fingerprint density at radius 3 is 2.43 bits per heavy atom. The molecule has 0 bridgehead atoms. The lowest BCUT2D eigenvalue weighted by Crippen LogP contribution is -2.29. The Bertz CT molecular complexity index is 445. The lowest BCUT2D eigenvalue weighted by atomic mass is 10.4. The molecule has 0 atom stereocenters. The molecule has 1 aromatic rings. The molecular formula is C8H10BrN3O2. The Labute approximate surface area is 88.3 Å². The highest BCUT2D eigenvalue weighted by molar-refractivity contribution is 9.10. The predicted molar refractivity (Wildman–Crippen MR) is 56.8 cm³/mol. The van der Waals surface area contributed by atoms with Gasteiger partial charge in [-0.15, -0.1) is 0 Å². The Hall–Kier alpha value is -1.04. The summed E-state index contributed by atoms with van der Waals surface area (Å²) < 4.78 is 0.402. The molecule has 5 nitrogen and oxygen atoms in total. The van der Waals surface area contributed by atoms with Gasteiger partial charge in [0.05, 0.1) is 0 Å². The minimum atomic E-state index is -0.458. The van der Waals surface area contributed by atoms with E-state index in [0.29, 0.717) is 10.3 Å². The fourth-order valence-corrected chi connectivity index (χ4v) is 2.07. The molecule has 2 heterocycles. The number of aromatic nitrogens is 2. The van der Waals surface area contributed by atoms with Crippen LogP contribution in [0.3, 0.4) is 0 Å². The molecule has 0 saturated carbocycles. The summed E-state index contributed by atoms with van der Waals surface area (Å²) in [6.07, 6.45) is 2.20. The number of H-pyrrole nitrogens is 2. The van der Waals surface area contributed by atoms with E-state index in [1.54, 1.807) is 0 Å². The van der Waals surface area contributed by atoms with Crippen molar-refractivity contribution in [3.63, 3.8) is 0 Å². The molecule has 1 aliphatic rings. The van der Waals surface area contributed by atoms with Gasteiger partial charge in [-0.1, -0.05) is 0 Å². The van der Waals surface area contributed by atoms with Crippen LogP contribution in [0.25, 0.3) is 0 Å². The van der Waals surface area contributed by atoms with Gasteiger partial charge in [-0.25, -0.2) is 4.79 Å². The molecule has 1 saturated heterocycles. The molecular weight excluding hydrogens is 250 g/mol. The van der Waals surface area contributed by atoms with Crippen LogP contribution in [0.4, 0.5) is 5.82 Å². The molecule has 0 aliphatic carbocycles. The smallest absolute Gasteiger partial charge is 0.327 e. The van der Waals surface area contributed by atoms with Gasteiger partial charge in [0.25, 0.3) is 5.56 Å². The van der Waals surface area contributed by atoms with Crippen LogP contribution in [0.2, 0.25) is 0 Å². The number of nitrogens with one attached hydrogen (secondary N) is 2. The second-order valence-electron chi connectivity index (χ2n) is 3.26. The van der Waals surface area contributed by atoms with Crippen molar-refractivity contribution in [3.05, 3.63) is 25.3 Å². The summed E-state index contributed by atoms with van der Waals surface area (Å²) in [6.45, 7) is 1.77. The maximum Gasteiger partial charge on any atom is 0.327 e. The second kappa shape index (κ2) is 3.61. The number of rotatable bonds is 1. The molecule has 0 spiro atoms. The highest BCUT2D eigenvalue weighted by Crippen LogP contribution is 2.21. The lowest BCUT2D eigenvalue weighted by Gasteiger charge is -2.17. The van der Waals surface area contributed by atoms with E-state index in [0.717, 1.165) is 25.9 Å². The van der Waals surface area contributed by atoms with Crippen molar-refractivity contribution in [1.29, 1.82) is 0 Å². The molecule has 1 aliphatic heterocycles. The average Bonchev–Trinajstić information content (AvgIpc) is 2.63. The third kappa shape index (κ3) is 1.61. The van der Waals surface area contributed by atoms with Crippen LogP contribution in [0, 0.1) is 0 Å². The van der Waals surface area contributed by atoms with Crippen LogP contribution in [0.5, 0.6) is 0 Å². The summed E-state index contributed by atoms with van der Waals surface area (Å²) in [5.74, 6) is 0.594. The topological polar surface area (TPSA) is 69.0 Å². The Kier molecular flexibility index (Phi) is 2.45. The molecule has 2 N–H and O–H groups in total. The molecule has 1 aromatic heterocycles. The van der Waals surface area contributed by atoms with Gasteiger partial charge in [0.1, 0.15) is 10.3 Å². The number of nitrogens with zero attached hydrogens (tertiary/aromatic N) is 1. The maximum absolute atomic E-state index is 11.3. The fourth-order valence-electron chi connectivity index (χ4n) is 1.62. The maximum atomic E-state index is 11.3. The van der Waals surface area contributed by atoms with Crippen molar-refractivity contribution in [1.82, 2.24) is 9.97 Å². The van der Waals surface area contributed by atoms with Crippen LogP contribution in [-0.4, -0.2) is 23.1 Å². The zero-order valence-electron chi connectivity index (χ0n) is 7.47. The van der Waals surface area contributed by atoms with Crippen molar-refractivity contribution in [2.45, 2.75) is 12.8 Å². The Morgan fingerprint density at radius 1 is 1.14 bits per heavy atom. The monoisotopic (exact) mass is 259 g/mol. The summed E-state index contributed by atoms with van der Waals surface area (Å²) in [4.78, 5) is 29.1. The lowest BCUT2D eigenvalue weighted by molar-refractivity contribution is 0.895. The fraction of sp³-hybridized carbons (Fsp3) is 0.500. The first-order valence-corrected chi connectivity index (χ1v) is 5.25. The first-order chi connectivity index (χ1) is 6.68. The van der Waals surface area contributed by atoms with Gasteiger partial charge in [-0.2, -0.15) is 0 Å². The third-order valence-electron chi connectivity index (χ3n) is 2.29. The van der Waals surface area contributed by atoms with E-state index in [2.05, 4.69) is 25.9 Å². The van der Waals surface area contributed by atoms with E-state index in [1.165, 1.54) is 0 Å². The van der Waals surface area contributed by atoms with Crippen LogP contribution in [0.15, 0.2) is 14.1 Å². The molecule has 76 valence electrons. The molecule has 6 heteroatoms. The van der Waals surface area contributed by atoms with Gasteiger partial charge in [-0.05, 0) is 28.8 Å². The van der Waals surface area contributed by atoms with E-state index in [1.807, 2.05) is 4.90 Å². The van der Waals surface area contributed by atoms with E-state index in [4.69, 9.17) is 0 Å². The number of aromatic amines is 2. The highest BCUT2D eigenvalue weighted by Gasteiger charge is 2.17. The average molecular weight is 260 g/mol. The van der Waals surface area contributed by atoms with Gasteiger partial charge in [-0.3, -0.25) is 14.8 Å². The van der Waals surface area contributed by atoms with Crippen LogP contribution in [0.1, 0.15) is 12.8 Å². The molecule has 0 aromatic carbocycles. The molecule has 2 rings (SSSR count). The van der Waals surface area contributed by atoms with Crippen molar-refractivity contribution >= 4 is 21.7 Å². The van der Waals surface area contributed by atoms with Crippen molar-refractivity contribution in [2.75, 3.05) is 18.0 Å². The molecule has 1 fully saturated rings. The van der Waals surface area contributed by atoms with Crippen molar-refractivity contribution in [2.24, 2.45) is 0 Å². The molecule has 0 amide bonds. The standard InChI is InChI=1S/C8H10BrN3O2/c9-5-6(12-3-1-2-4-12)10-8(14)11-7(5)13/h1-4H2,(H2,10,11,13,14). The number of hydrogen-bond acceptors (Lipinski definition) is 3. The van der Waals surface area contributed by atoms with E-state index < -0.39 is 5.69 Å². The third-order valence-corrected chi connectivity index (χ3v) is 3.02. The number of anilines is 1. The van der Waals surface area contributed by atoms with E-state index >= 15 is 0 Å². The summed E-state index contributed by atoms with van der Waals surface area (Å²) >= 11 is 3.17. The summed E-state index contributed by atoms with van der Waals surface area (Å²) in [6, 6.07) is 0. The van der Waals surface area contributed by atoms with Crippen LogP contribution < -0.4 is 16.1 Å².